The number of thiophene rings is 1. The molecule has 0 fully saturated rings. The Morgan fingerprint density at radius 1 is 1.00 bits per heavy atom. The molecule has 2 N–H and O–H groups in total. The lowest BCUT2D eigenvalue weighted by Crippen LogP contribution is -2.34. The lowest BCUT2D eigenvalue weighted by Gasteiger charge is -2.27. The van der Waals surface area contributed by atoms with E-state index in [0.29, 0.717) is 5.02 Å². The lowest BCUT2D eigenvalue weighted by atomic mass is 9.85. The van der Waals surface area contributed by atoms with E-state index in [9.17, 15) is 0 Å². The van der Waals surface area contributed by atoms with E-state index in [2.05, 4.69) is 23.6 Å². The van der Waals surface area contributed by atoms with Crippen molar-refractivity contribution in [1.82, 2.24) is 0 Å². The molecule has 3 rings (SSSR count). The summed E-state index contributed by atoms with van der Waals surface area (Å²) < 4.78 is 1.23. The van der Waals surface area contributed by atoms with Gasteiger partial charge in [-0.1, -0.05) is 48.0 Å². The van der Waals surface area contributed by atoms with Crippen LogP contribution in [0.15, 0.2) is 53.9 Å². The van der Waals surface area contributed by atoms with Crippen molar-refractivity contribution in [3.63, 3.8) is 0 Å². The third kappa shape index (κ3) is 2.06. The molecule has 3 heteroatoms. The van der Waals surface area contributed by atoms with Crippen molar-refractivity contribution in [1.29, 1.82) is 0 Å². The Kier molecular flexibility index (Phi) is 3.09. The van der Waals surface area contributed by atoms with Crippen molar-refractivity contribution in [2.24, 2.45) is 5.73 Å². The molecule has 3 aromatic rings. The second-order valence-electron chi connectivity index (χ2n) is 4.83. The number of hydrogen-bond acceptors (Lipinski definition) is 2. The van der Waals surface area contributed by atoms with Gasteiger partial charge in [-0.2, -0.15) is 0 Å². The first-order valence-electron chi connectivity index (χ1n) is 6.11. The van der Waals surface area contributed by atoms with Crippen LogP contribution in [0.25, 0.3) is 10.1 Å². The van der Waals surface area contributed by atoms with Crippen LogP contribution in [0, 0.1) is 0 Å². The van der Waals surface area contributed by atoms with Gasteiger partial charge in [0, 0.05) is 9.72 Å². The van der Waals surface area contributed by atoms with Gasteiger partial charge in [0.2, 0.25) is 0 Å². The zero-order chi connectivity index (χ0) is 13.5. The van der Waals surface area contributed by atoms with Crippen LogP contribution in [-0.4, -0.2) is 0 Å². The minimum absolute atomic E-state index is 0.595. The summed E-state index contributed by atoms with van der Waals surface area (Å²) >= 11 is 8.03. The smallest absolute Gasteiger partial charge is 0.0665 e. The van der Waals surface area contributed by atoms with Gasteiger partial charge in [-0.3, -0.25) is 0 Å². The Hall–Kier alpha value is -1.35. The number of rotatable bonds is 2. The summed E-state index contributed by atoms with van der Waals surface area (Å²) in [6, 6.07) is 16.1. The summed E-state index contributed by atoms with van der Waals surface area (Å²) in [6.07, 6.45) is 0. The quantitative estimate of drug-likeness (QED) is 0.721. The maximum atomic E-state index is 6.61. The number of halogens is 1. The Bertz CT molecular complexity index is 730. The summed E-state index contributed by atoms with van der Waals surface area (Å²) in [5.41, 5.74) is 8.09. The molecule has 0 saturated heterocycles. The average Bonchev–Trinajstić information content (AvgIpc) is 2.86. The maximum Gasteiger partial charge on any atom is 0.0665 e. The first-order valence-corrected chi connectivity index (χ1v) is 7.37. The monoisotopic (exact) mass is 287 g/mol. The van der Waals surface area contributed by atoms with Gasteiger partial charge in [-0.15, -0.1) is 11.3 Å². The van der Waals surface area contributed by atoms with Crippen LogP contribution in [-0.2, 0) is 5.54 Å². The largest absolute Gasteiger partial charge is 0.318 e. The van der Waals surface area contributed by atoms with E-state index in [1.807, 2.05) is 37.3 Å². The topological polar surface area (TPSA) is 26.0 Å². The van der Waals surface area contributed by atoms with E-state index >= 15 is 0 Å². The molecule has 0 spiro atoms. The molecular weight excluding hydrogens is 274 g/mol. The summed E-state index contributed by atoms with van der Waals surface area (Å²) in [5, 5.41) is 4.03. The first kappa shape index (κ1) is 12.7. The summed E-state index contributed by atoms with van der Waals surface area (Å²) in [5.74, 6) is 0. The third-order valence-electron chi connectivity index (χ3n) is 3.47. The van der Waals surface area contributed by atoms with Gasteiger partial charge in [0.05, 0.1) is 5.54 Å². The predicted molar refractivity (Wildman–Crippen MR) is 83.9 cm³/mol. The molecule has 96 valence electrons. The normalized spacial score (nSPS) is 14.5. The fraction of sp³-hybridized carbons (Fsp3) is 0.125. The van der Waals surface area contributed by atoms with E-state index in [4.69, 9.17) is 17.3 Å². The number of nitrogens with two attached hydrogens (primary N) is 1. The third-order valence-corrected chi connectivity index (χ3v) is 4.76. The fourth-order valence-corrected chi connectivity index (χ4v) is 3.79. The van der Waals surface area contributed by atoms with Crippen LogP contribution in [0.4, 0.5) is 0 Å². The molecule has 0 radical (unpaired) electrons. The predicted octanol–water partition coefficient (Wildman–Crippen LogP) is 4.78. The van der Waals surface area contributed by atoms with Crippen molar-refractivity contribution in [2.45, 2.75) is 12.5 Å². The fourth-order valence-electron chi connectivity index (χ4n) is 2.43. The Balaban J connectivity index is 2.25. The number of benzene rings is 2. The molecule has 1 aromatic heterocycles. The minimum Gasteiger partial charge on any atom is -0.318 e. The SMILES string of the molecule is CC(N)(c1ccccc1Cl)c1cccc2ccsc12. The van der Waals surface area contributed by atoms with Crippen molar-refractivity contribution in [2.75, 3.05) is 0 Å². The van der Waals surface area contributed by atoms with Crippen LogP contribution in [0.2, 0.25) is 5.02 Å². The van der Waals surface area contributed by atoms with Gasteiger partial charge >= 0.3 is 0 Å². The second kappa shape index (κ2) is 4.64. The minimum atomic E-state index is -0.595. The highest BCUT2D eigenvalue weighted by atomic mass is 35.5. The molecule has 0 saturated carbocycles. The van der Waals surface area contributed by atoms with Gasteiger partial charge in [0.25, 0.3) is 0 Å². The van der Waals surface area contributed by atoms with Crippen LogP contribution in [0.1, 0.15) is 18.1 Å². The second-order valence-corrected chi connectivity index (χ2v) is 6.15. The molecule has 2 aromatic carbocycles. The van der Waals surface area contributed by atoms with Crippen LogP contribution < -0.4 is 5.73 Å². The van der Waals surface area contributed by atoms with Gasteiger partial charge in [-0.25, -0.2) is 0 Å². The van der Waals surface area contributed by atoms with Crippen LogP contribution in [0.5, 0.6) is 0 Å². The molecule has 0 aliphatic carbocycles. The average molecular weight is 288 g/mol. The Morgan fingerprint density at radius 3 is 2.53 bits per heavy atom. The molecular formula is C16H14ClNS. The highest BCUT2D eigenvalue weighted by Crippen LogP contribution is 2.37. The first-order chi connectivity index (χ1) is 9.10. The van der Waals surface area contributed by atoms with Crippen molar-refractivity contribution in [3.8, 4) is 0 Å². The zero-order valence-corrected chi connectivity index (χ0v) is 12.1. The molecule has 1 atom stereocenters. The maximum absolute atomic E-state index is 6.61. The lowest BCUT2D eigenvalue weighted by molar-refractivity contribution is 0.610. The molecule has 1 unspecified atom stereocenters. The van der Waals surface area contributed by atoms with Crippen molar-refractivity contribution < 1.29 is 0 Å². The van der Waals surface area contributed by atoms with E-state index in [0.717, 1.165) is 11.1 Å². The Morgan fingerprint density at radius 2 is 1.74 bits per heavy atom. The van der Waals surface area contributed by atoms with E-state index < -0.39 is 5.54 Å². The standard InChI is InChI=1S/C16H14ClNS/c1-16(18,12-6-2-3-8-14(12)17)13-7-4-5-11-9-10-19-15(11)13/h2-10H,18H2,1H3. The molecule has 0 aliphatic rings. The summed E-state index contributed by atoms with van der Waals surface area (Å²) in [7, 11) is 0. The van der Waals surface area contributed by atoms with Gasteiger partial charge in [-0.05, 0) is 40.9 Å². The molecule has 0 amide bonds. The zero-order valence-electron chi connectivity index (χ0n) is 10.6. The van der Waals surface area contributed by atoms with Crippen molar-refractivity contribution in [3.05, 3.63) is 70.1 Å². The number of fused-ring (bicyclic) bond motifs is 1. The summed E-state index contributed by atoms with van der Waals surface area (Å²) in [4.78, 5) is 0. The van der Waals surface area contributed by atoms with Gasteiger partial charge in [0.15, 0.2) is 0 Å². The van der Waals surface area contributed by atoms with Gasteiger partial charge < -0.3 is 5.73 Å². The molecule has 0 bridgehead atoms. The summed E-state index contributed by atoms with van der Waals surface area (Å²) in [6.45, 7) is 2.02. The van der Waals surface area contributed by atoms with E-state index in [1.165, 1.54) is 10.1 Å². The van der Waals surface area contributed by atoms with Gasteiger partial charge in [0.1, 0.15) is 0 Å². The molecule has 19 heavy (non-hydrogen) atoms. The van der Waals surface area contributed by atoms with Crippen molar-refractivity contribution >= 4 is 33.0 Å². The molecule has 1 nitrogen and oxygen atoms in total. The molecule has 0 aliphatic heterocycles. The highest BCUT2D eigenvalue weighted by Gasteiger charge is 2.28. The van der Waals surface area contributed by atoms with E-state index in [-0.39, 0.29) is 0 Å². The number of hydrogen-bond donors (Lipinski definition) is 1. The highest BCUT2D eigenvalue weighted by molar-refractivity contribution is 7.17. The van der Waals surface area contributed by atoms with Crippen LogP contribution in [0.3, 0.4) is 0 Å². The van der Waals surface area contributed by atoms with E-state index in [1.54, 1.807) is 11.3 Å². The van der Waals surface area contributed by atoms with Crippen LogP contribution >= 0.6 is 22.9 Å². The molecule has 1 heterocycles. The Labute approximate surface area is 121 Å².